The summed E-state index contributed by atoms with van der Waals surface area (Å²) in [6.45, 7) is 9.72. The lowest BCUT2D eigenvalue weighted by molar-refractivity contribution is 0.582. The van der Waals surface area contributed by atoms with Gasteiger partial charge >= 0.3 is 0 Å². The van der Waals surface area contributed by atoms with E-state index in [9.17, 15) is 8.42 Å². The molecule has 0 aliphatic heterocycles. The van der Waals surface area contributed by atoms with E-state index in [2.05, 4.69) is 17.0 Å². The Balaban J connectivity index is 3.10. The summed E-state index contributed by atoms with van der Waals surface area (Å²) in [7, 11) is -3.39. The van der Waals surface area contributed by atoms with Crippen molar-refractivity contribution in [2.75, 3.05) is 13.1 Å². The Morgan fingerprint density at radius 2 is 1.84 bits per heavy atom. The van der Waals surface area contributed by atoms with E-state index < -0.39 is 10.0 Å². The van der Waals surface area contributed by atoms with Gasteiger partial charge < -0.3 is 5.32 Å². The quantitative estimate of drug-likeness (QED) is 0.754. The fourth-order valence-electron chi connectivity index (χ4n) is 1.96. The highest BCUT2D eigenvalue weighted by Gasteiger charge is 2.17. The van der Waals surface area contributed by atoms with Crippen LogP contribution in [0, 0.1) is 13.8 Å². The molecule has 108 valence electrons. The van der Waals surface area contributed by atoms with Crippen LogP contribution in [0.3, 0.4) is 0 Å². The van der Waals surface area contributed by atoms with Crippen LogP contribution in [-0.4, -0.2) is 21.5 Å². The molecule has 1 aromatic carbocycles. The molecular weight excluding hydrogens is 260 g/mol. The third-order valence-corrected chi connectivity index (χ3v) is 4.73. The van der Waals surface area contributed by atoms with Crippen LogP contribution in [0.4, 0.5) is 0 Å². The molecule has 0 radical (unpaired) electrons. The zero-order valence-corrected chi connectivity index (χ0v) is 13.0. The molecule has 2 N–H and O–H groups in total. The van der Waals surface area contributed by atoms with Crippen LogP contribution in [0.15, 0.2) is 17.0 Å². The van der Waals surface area contributed by atoms with Crippen LogP contribution >= 0.6 is 0 Å². The fourth-order valence-corrected chi connectivity index (χ4v) is 3.36. The molecule has 1 aromatic rings. The Morgan fingerprint density at radius 3 is 2.42 bits per heavy atom. The van der Waals surface area contributed by atoms with Gasteiger partial charge in [0.1, 0.15) is 0 Å². The molecule has 19 heavy (non-hydrogen) atoms. The highest BCUT2D eigenvalue weighted by atomic mass is 32.2. The monoisotopic (exact) mass is 284 g/mol. The lowest BCUT2D eigenvalue weighted by Crippen LogP contribution is -2.24. The van der Waals surface area contributed by atoms with Gasteiger partial charge in [-0.1, -0.05) is 19.9 Å². The molecule has 0 saturated carbocycles. The van der Waals surface area contributed by atoms with Crippen molar-refractivity contribution in [3.8, 4) is 0 Å². The molecular formula is C14H24N2O2S. The summed E-state index contributed by atoms with van der Waals surface area (Å²) >= 11 is 0. The fraction of sp³-hybridized carbons (Fsp3) is 0.571. The molecule has 0 unspecified atom stereocenters. The molecule has 0 aromatic heterocycles. The molecule has 1 rings (SSSR count). The van der Waals surface area contributed by atoms with Gasteiger partial charge in [-0.05, 0) is 49.6 Å². The largest absolute Gasteiger partial charge is 0.313 e. The minimum absolute atomic E-state index is 0.391. The van der Waals surface area contributed by atoms with Crippen LogP contribution in [0.2, 0.25) is 0 Å². The van der Waals surface area contributed by atoms with Crippen LogP contribution in [0.25, 0.3) is 0 Å². The number of sulfonamides is 1. The summed E-state index contributed by atoms with van der Waals surface area (Å²) in [4.78, 5) is 0.391. The summed E-state index contributed by atoms with van der Waals surface area (Å²) in [6.07, 6.45) is 1.06. The van der Waals surface area contributed by atoms with Gasteiger partial charge in [-0.2, -0.15) is 0 Å². The number of rotatable bonds is 7. The molecule has 5 heteroatoms. The maximum absolute atomic E-state index is 12.2. The van der Waals surface area contributed by atoms with E-state index in [1.807, 2.05) is 19.9 Å². The first kappa shape index (κ1) is 16.1. The average Bonchev–Trinajstić information content (AvgIpc) is 2.33. The number of nitrogens with one attached hydrogen (secondary N) is 2. The lowest BCUT2D eigenvalue weighted by atomic mass is 10.1. The highest BCUT2D eigenvalue weighted by Crippen LogP contribution is 2.21. The second-order valence-corrected chi connectivity index (χ2v) is 6.45. The smallest absolute Gasteiger partial charge is 0.240 e. The number of hydrogen-bond acceptors (Lipinski definition) is 3. The van der Waals surface area contributed by atoms with Gasteiger partial charge in [0.05, 0.1) is 4.90 Å². The highest BCUT2D eigenvalue weighted by molar-refractivity contribution is 7.89. The van der Waals surface area contributed by atoms with E-state index in [4.69, 9.17) is 0 Å². The molecule has 0 aliphatic carbocycles. The van der Waals surface area contributed by atoms with Crippen molar-refractivity contribution < 1.29 is 8.42 Å². The molecule has 0 spiro atoms. The summed E-state index contributed by atoms with van der Waals surface area (Å²) in [6, 6.07) is 3.81. The predicted octanol–water partition coefficient (Wildman–Crippen LogP) is 2.10. The molecule has 0 amide bonds. The summed E-state index contributed by atoms with van der Waals surface area (Å²) in [5.41, 5.74) is 2.83. The van der Waals surface area contributed by atoms with Gasteiger partial charge in [0.2, 0.25) is 10.0 Å². The van der Waals surface area contributed by atoms with E-state index in [0.29, 0.717) is 18.0 Å². The maximum Gasteiger partial charge on any atom is 0.240 e. The van der Waals surface area contributed by atoms with Crippen LogP contribution < -0.4 is 10.0 Å². The molecule has 0 atom stereocenters. The SMILES string of the molecule is CCCNCc1cc(C)c(C)c(S(=O)(=O)NCC)c1. The predicted molar refractivity (Wildman–Crippen MR) is 78.8 cm³/mol. The van der Waals surface area contributed by atoms with Crippen LogP contribution in [0.5, 0.6) is 0 Å². The Labute approximate surface area is 116 Å². The van der Waals surface area contributed by atoms with Gasteiger partial charge in [0, 0.05) is 13.1 Å². The Kier molecular flexibility index (Phi) is 5.97. The minimum Gasteiger partial charge on any atom is -0.313 e. The van der Waals surface area contributed by atoms with Crippen molar-refractivity contribution >= 4 is 10.0 Å². The molecule has 0 aliphatic rings. The first-order valence-corrected chi connectivity index (χ1v) is 8.21. The first-order chi connectivity index (χ1) is 8.92. The molecule has 0 heterocycles. The van der Waals surface area contributed by atoms with Crippen LogP contribution in [-0.2, 0) is 16.6 Å². The van der Waals surface area contributed by atoms with Crippen molar-refractivity contribution in [3.05, 3.63) is 28.8 Å². The summed E-state index contributed by atoms with van der Waals surface area (Å²) < 4.78 is 26.9. The molecule has 0 saturated heterocycles. The van der Waals surface area contributed by atoms with E-state index in [1.165, 1.54) is 0 Å². The number of hydrogen-bond donors (Lipinski definition) is 2. The van der Waals surface area contributed by atoms with Crippen molar-refractivity contribution in [1.82, 2.24) is 10.0 Å². The molecule has 4 nitrogen and oxygen atoms in total. The van der Waals surface area contributed by atoms with Gasteiger partial charge in [0.15, 0.2) is 0 Å². The Bertz CT molecular complexity index is 524. The standard InChI is InChI=1S/C14H24N2O2S/c1-5-7-15-10-13-8-11(3)12(4)14(9-13)19(17,18)16-6-2/h8-9,15-16H,5-7,10H2,1-4H3. The van der Waals surface area contributed by atoms with Gasteiger partial charge in [-0.25, -0.2) is 13.1 Å². The van der Waals surface area contributed by atoms with Gasteiger partial charge in [0.25, 0.3) is 0 Å². The lowest BCUT2D eigenvalue weighted by Gasteiger charge is -2.13. The Hall–Kier alpha value is -0.910. The third kappa shape index (κ3) is 4.30. The van der Waals surface area contributed by atoms with Crippen LogP contribution in [0.1, 0.15) is 37.0 Å². The number of aryl methyl sites for hydroxylation is 1. The van der Waals surface area contributed by atoms with Crippen molar-refractivity contribution in [2.45, 2.75) is 45.6 Å². The second-order valence-electron chi connectivity index (χ2n) is 4.71. The van der Waals surface area contributed by atoms with E-state index in [0.717, 1.165) is 29.7 Å². The zero-order chi connectivity index (χ0) is 14.5. The normalized spacial score (nSPS) is 11.8. The number of benzene rings is 1. The summed E-state index contributed by atoms with van der Waals surface area (Å²) in [5.74, 6) is 0. The Morgan fingerprint density at radius 1 is 1.16 bits per heavy atom. The minimum atomic E-state index is -3.39. The van der Waals surface area contributed by atoms with E-state index >= 15 is 0 Å². The average molecular weight is 284 g/mol. The third-order valence-electron chi connectivity index (χ3n) is 3.06. The second kappa shape index (κ2) is 7.03. The van der Waals surface area contributed by atoms with Crippen molar-refractivity contribution in [2.24, 2.45) is 0 Å². The maximum atomic E-state index is 12.2. The zero-order valence-electron chi connectivity index (χ0n) is 12.2. The van der Waals surface area contributed by atoms with E-state index in [-0.39, 0.29) is 0 Å². The first-order valence-electron chi connectivity index (χ1n) is 6.72. The molecule has 0 bridgehead atoms. The van der Waals surface area contributed by atoms with Crippen molar-refractivity contribution in [3.63, 3.8) is 0 Å². The molecule has 0 fully saturated rings. The van der Waals surface area contributed by atoms with E-state index in [1.54, 1.807) is 13.0 Å². The van der Waals surface area contributed by atoms with Gasteiger partial charge in [-0.15, -0.1) is 0 Å². The van der Waals surface area contributed by atoms with Gasteiger partial charge in [-0.3, -0.25) is 0 Å². The summed E-state index contributed by atoms with van der Waals surface area (Å²) in [5, 5.41) is 3.29. The topological polar surface area (TPSA) is 58.2 Å². The van der Waals surface area contributed by atoms with Crippen molar-refractivity contribution in [1.29, 1.82) is 0 Å².